The van der Waals surface area contributed by atoms with E-state index in [0.717, 1.165) is 3.57 Å². The molecule has 0 aliphatic carbocycles. The van der Waals surface area contributed by atoms with E-state index >= 15 is 0 Å². The summed E-state index contributed by atoms with van der Waals surface area (Å²) in [5.74, 6) is -0.608. The van der Waals surface area contributed by atoms with Crippen LogP contribution in [0.3, 0.4) is 0 Å². The van der Waals surface area contributed by atoms with E-state index in [1.807, 2.05) is 22.6 Å². The van der Waals surface area contributed by atoms with Gasteiger partial charge in [0.1, 0.15) is 5.82 Å². The molecule has 0 atom stereocenters. The highest BCUT2D eigenvalue weighted by Gasteiger charge is 2.06. The Balaban J connectivity index is 2.66. The lowest BCUT2D eigenvalue weighted by Crippen LogP contribution is -2.33. The molecule has 0 saturated carbocycles. The maximum atomic E-state index is 13.4. The molecule has 16 heavy (non-hydrogen) atoms. The molecule has 0 radical (unpaired) electrons. The van der Waals surface area contributed by atoms with Crippen molar-refractivity contribution in [2.24, 2.45) is 0 Å². The Morgan fingerprint density at radius 2 is 2.25 bits per heavy atom. The van der Waals surface area contributed by atoms with E-state index in [1.54, 1.807) is 19.1 Å². The van der Waals surface area contributed by atoms with Crippen molar-refractivity contribution < 1.29 is 9.18 Å². The second kappa shape index (κ2) is 6.09. The molecule has 3 nitrogen and oxygen atoms in total. The van der Waals surface area contributed by atoms with Crippen LogP contribution in [0.25, 0.3) is 0 Å². The molecule has 1 amide bonds. The third kappa shape index (κ3) is 4.01. The number of hydrogen-bond acceptors (Lipinski definition) is 2. The Morgan fingerprint density at radius 3 is 2.81 bits per heavy atom. The van der Waals surface area contributed by atoms with E-state index in [-0.39, 0.29) is 16.7 Å². The number of amides is 1. The van der Waals surface area contributed by atoms with Crippen LogP contribution in [0.5, 0.6) is 0 Å². The quantitative estimate of drug-likeness (QED) is 0.635. The molecular formula is C10H10FIN2OS. The van der Waals surface area contributed by atoms with Crippen LogP contribution in [-0.4, -0.2) is 11.0 Å². The molecule has 0 fully saturated rings. The molecule has 2 N–H and O–H groups in total. The molecule has 0 spiro atoms. The smallest absolute Gasteiger partial charge is 0.225 e. The van der Waals surface area contributed by atoms with Gasteiger partial charge < -0.3 is 10.6 Å². The topological polar surface area (TPSA) is 41.1 Å². The van der Waals surface area contributed by atoms with Crippen molar-refractivity contribution in [1.82, 2.24) is 5.32 Å². The summed E-state index contributed by atoms with van der Waals surface area (Å²) in [4.78, 5) is 11.0. The van der Waals surface area contributed by atoms with Gasteiger partial charge in [0.15, 0.2) is 5.11 Å². The highest BCUT2D eigenvalue weighted by atomic mass is 127. The van der Waals surface area contributed by atoms with E-state index in [9.17, 15) is 9.18 Å². The van der Waals surface area contributed by atoms with Gasteiger partial charge in [-0.05, 0) is 53.0 Å². The van der Waals surface area contributed by atoms with E-state index in [2.05, 4.69) is 10.6 Å². The van der Waals surface area contributed by atoms with Gasteiger partial charge >= 0.3 is 0 Å². The first-order valence-electron chi connectivity index (χ1n) is 4.58. The number of thiocarbonyl (C=S) groups is 1. The highest BCUT2D eigenvalue weighted by Crippen LogP contribution is 2.16. The molecule has 0 unspecified atom stereocenters. The molecule has 0 aliphatic heterocycles. The van der Waals surface area contributed by atoms with Gasteiger partial charge in [-0.2, -0.15) is 0 Å². The van der Waals surface area contributed by atoms with Crippen molar-refractivity contribution in [2.75, 3.05) is 5.32 Å². The summed E-state index contributed by atoms with van der Waals surface area (Å²) in [6, 6.07) is 4.70. The normalized spacial score (nSPS) is 9.69. The second-order valence-electron chi connectivity index (χ2n) is 2.98. The average molecular weight is 352 g/mol. The predicted octanol–water partition coefficient (Wildman–Crippen LogP) is 2.65. The summed E-state index contributed by atoms with van der Waals surface area (Å²) >= 11 is 6.87. The van der Waals surface area contributed by atoms with Crippen LogP contribution in [0.4, 0.5) is 10.1 Å². The summed E-state index contributed by atoms with van der Waals surface area (Å²) in [7, 11) is 0. The van der Waals surface area contributed by atoms with Crippen LogP contribution >= 0.6 is 34.8 Å². The van der Waals surface area contributed by atoms with Crippen LogP contribution in [-0.2, 0) is 4.79 Å². The molecule has 86 valence electrons. The van der Waals surface area contributed by atoms with Crippen LogP contribution in [0, 0.1) is 9.39 Å². The number of nitrogens with one attached hydrogen (secondary N) is 2. The number of benzene rings is 1. The largest absolute Gasteiger partial charge is 0.330 e. The van der Waals surface area contributed by atoms with Gasteiger partial charge in [0.05, 0.1) is 5.69 Å². The zero-order chi connectivity index (χ0) is 12.1. The number of halogens is 2. The van der Waals surface area contributed by atoms with Crippen molar-refractivity contribution in [3.05, 3.63) is 27.6 Å². The molecule has 1 rings (SSSR count). The van der Waals surface area contributed by atoms with E-state index in [1.165, 1.54) is 6.07 Å². The first-order chi connectivity index (χ1) is 7.52. The molecule has 6 heteroatoms. The summed E-state index contributed by atoms with van der Waals surface area (Å²) in [5.41, 5.74) is 0.252. The average Bonchev–Trinajstić information content (AvgIpc) is 2.22. The number of carbonyl (C=O) groups excluding carboxylic acids is 1. The van der Waals surface area contributed by atoms with Gasteiger partial charge in [-0.1, -0.05) is 6.92 Å². The van der Waals surface area contributed by atoms with Crippen molar-refractivity contribution in [2.45, 2.75) is 13.3 Å². The van der Waals surface area contributed by atoms with Crippen molar-refractivity contribution >= 4 is 51.5 Å². The second-order valence-corrected chi connectivity index (χ2v) is 4.63. The van der Waals surface area contributed by atoms with E-state index < -0.39 is 5.82 Å². The Kier molecular flexibility index (Phi) is 5.07. The molecule has 1 aromatic rings. The van der Waals surface area contributed by atoms with Crippen molar-refractivity contribution in [1.29, 1.82) is 0 Å². The maximum Gasteiger partial charge on any atom is 0.225 e. The number of anilines is 1. The molecule has 0 aliphatic rings. The molecule has 0 saturated heterocycles. The Hall–Kier alpha value is -0.760. The third-order valence-corrected chi connectivity index (χ3v) is 2.63. The minimum absolute atomic E-state index is 0.104. The summed E-state index contributed by atoms with van der Waals surface area (Å²) in [6.07, 6.45) is 0.330. The standard InChI is InChI=1S/C10H10FIN2OS/c1-2-9(15)14-10(16)13-8-4-3-6(12)5-7(8)11/h3-5H,2H2,1H3,(H2,13,14,15,16). The fraction of sp³-hybridized carbons (Fsp3) is 0.200. The fourth-order valence-electron chi connectivity index (χ4n) is 0.959. The zero-order valence-corrected chi connectivity index (χ0v) is 11.5. The lowest BCUT2D eigenvalue weighted by atomic mass is 10.3. The first-order valence-corrected chi connectivity index (χ1v) is 6.07. The molecule has 0 aromatic heterocycles. The van der Waals surface area contributed by atoms with Gasteiger partial charge in [0.25, 0.3) is 0 Å². The Bertz CT molecular complexity index is 425. The van der Waals surface area contributed by atoms with Crippen LogP contribution in [0.15, 0.2) is 18.2 Å². The minimum Gasteiger partial charge on any atom is -0.330 e. The predicted molar refractivity (Wildman–Crippen MR) is 73.8 cm³/mol. The van der Waals surface area contributed by atoms with Gasteiger partial charge in [-0.3, -0.25) is 4.79 Å². The maximum absolute atomic E-state index is 13.4. The van der Waals surface area contributed by atoms with Crippen LogP contribution in [0.1, 0.15) is 13.3 Å². The van der Waals surface area contributed by atoms with Crippen LogP contribution in [0.2, 0.25) is 0 Å². The number of hydrogen-bond donors (Lipinski definition) is 2. The molecular weight excluding hydrogens is 342 g/mol. The third-order valence-electron chi connectivity index (χ3n) is 1.75. The molecule has 0 heterocycles. The SMILES string of the molecule is CCC(=O)NC(=S)Nc1ccc(I)cc1F. The van der Waals surface area contributed by atoms with Crippen molar-refractivity contribution in [3.63, 3.8) is 0 Å². The lowest BCUT2D eigenvalue weighted by molar-refractivity contribution is -0.119. The summed E-state index contributed by atoms with van der Waals surface area (Å²) < 4.78 is 14.2. The summed E-state index contributed by atoms with van der Waals surface area (Å²) in [6.45, 7) is 1.71. The number of carbonyl (C=O) groups is 1. The van der Waals surface area contributed by atoms with E-state index in [4.69, 9.17) is 12.2 Å². The van der Waals surface area contributed by atoms with Gasteiger partial charge in [0.2, 0.25) is 5.91 Å². The molecule has 1 aromatic carbocycles. The van der Waals surface area contributed by atoms with Crippen LogP contribution < -0.4 is 10.6 Å². The lowest BCUT2D eigenvalue weighted by Gasteiger charge is -2.09. The molecule has 0 bridgehead atoms. The van der Waals surface area contributed by atoms with E-state index in [0.29, 0.717) is 6.42 Å². The highest BCUT2D eigenvalue weighted by molar-refractivity contribution is 14.1. The Labute approximate surface area is 112 Å². The van der Waals surface area contributed by atoms with Crippen molar-refractivity contribution in [3.8, 4) is 0 Å². The number of rotatable bonds is 2. The van der Waals surface area contributed by atoms with Gasteiger partial charge in [-0.25, -0.2) is 4.39 Å². The zero-order valence-electron chi connectivity index (χ0n) is 8.51. The summed E-state index contributed by atoms with van der Waals surface area (Å²) in [5, 5.41) is 5.16. The monoisotopic (exact) mass is 352 g/mol. The Morgan fingerprint density at radius 1 is 1.56 bits per heavy atom. The fourth-order valence-corrected chi connectivity index (χ4v) is 1.64. The first kappa shape index (κ1) is 13.3. The van der Waals surface area contributed by atoms with Gasteiger partial charge in [-0.15, -0.1) is 0 Å². The van der Waals surface area contributed by atoms with Gasteiger partial charge in [0, 0.05) is 9.99 Å². The minimum atomic E-state index is -0.403.